The van der Waals surface area contributed by atoms with Gasteiger partial charge in [0.05, 0.1) is 6.61 Å². The van der Waals surface area contributed by atoms with Crippen LogP contribution < -0.4 is 0 Å². The van der Waals surface area contributed by atoms with Crippen molar-refractivity contribution in [1.29, 1.82) is 0 Å². The summed E-state index contributed by atoms with van der Waals surface area (Å²) in [6.07, 6.45) is 1.52. The maximum absolute atomic E-state index is 11.8. The highest BCUT2D eigenvalue weighted by molar-refractivity contribution is 5.76. The van der Waals surface area contributed by atoms with E-state index in [0.29, 0.717) is 24.7 Å². The van der Waals surface area contributed by atoms with Crippen LogP contribution in [0.2, 0.25) is 0 Å². The van der Waals surface area contributed by atoms with Crippen LogP contribution in [0.1, 0.15) is 65.1 Å². The van der Waals surface area contributed by atoms with Crippen LogP contribution in [-0.2, 0) is 14.9 Å². The lowest BCUT2D eigenvalue weighted by Gasteiger charge is -2.12. The van der Waals surface area contributed by atoms with Gasteiger partial charge in [-0.1, -0.05) is 39.3 Å². The van der Waals surface area contributed by atoms with Gasteiger partial charge < -0.3 is 9.26 Å². The third-order valence-electron chi connectivity index (χ3n) is 2.56. The van der Waals surface area contributed by atoms with E-state index in [-0.39, 0.29) is 11.4 Å². The van der Waals surface area contributed by atoms with Crippen molar-refractivity contribution in [3.63, 3.8) is 0 Å². The van der Waals surface area contributed by atoms with Crippen molar-refractivity contribution >= 4 is 5.97 Å². The Morgan fingerprint density at radius 3 is 2.50 bits per heavy atom. The fraction of sp³-hybridized carbons (Fsp3) is 0.769. The van der Waals surface area contributed by atoms with Crippen LogP contribution in [0.5, 0.6) is 0 Å². The monoisotopic (exact) mass is 254 g/mol. The lowest BCUT2D eigenvalue weighted by Crippen LogP contribution is -2.17. The van der Waals surface area contributed by atoms with Gasteiger partial charge in [-0.15, -0.1) is 0 Å². The standard InChI is InChI=1S/C13H22N2O3/c1-6-8-9(11(16)17-7-2)10-14-12(15-18-10)13(3,4)5/h9H,6-8H2,1-5H3. The maximum Gasteiger partial charge on any atom is 0.318 e. The summed E-state index contributed by atoms with van der Waals surface area (Å²) in [5, 5.41) is 3.94. The molecule has 0 saturated heterocycles. The third-order valence-corrected chi connectivity index (χ3v) is 2.56. The molecular weight excluding hydrogens is 232 g/mol. The predicted molar refractivity (Wildman–Crippen MR) is 67.3 cm³/mol. The zero-order valence-electron chi connectivity index (χ0n) is 11.8. The Morgan fingerprint density at radius 2 is 2.06 bits per heavy atom. The van der Waals surface area contributed by atoms with Crippen LogP contribution in [0.15, 0.2) is 4.52 Å². The molecule has 0 aliphatic carbocycles. The molecule has 1 aromatic heterocycles. The van der Waals surface area contributed by atoms with Crippen molar-refractivity contribution in [2.75, 3.05) is 6.61 Å². The molecule has 1 rings (SSSR count). The second-order valence-corrected chi connectivity index (χ2v) is 5.30. The number of nitrogens with zero attached hydrogens (tertiary/aromatic N) is 2. The summed E-state index contributed by atoms with van der Waals surface area (Å²) in [4.78, 5) is 16.2. The SMILES string of the molecule is CCCC(C(=O)OCC)c1nc(C(C)(C)C)no1. The summed E-state index contributed by atoms with van der Waals surface area (Å²) in [7, 11) is 0. The summed E-state index contributed by atoms with van der Waals surface area (Å²) in [5.41, 5.74) is -0.187. The number of rotatable bonds is 5. The van der Waals surface area contributed by atoms with E-state index >= 15 is 0 Å². The van der Waals surface area contributed by atoms with Crippen LogP contribution in [0, 0.1) is 0 Å². The summed E-state index contributed by atoms with van der Waals surface area (Å²) in [6, 6.07) is 0. The van der Waals surface area contributed by atoms with E-state index < -0.39 is 5.92 Å². The lowest BCUT2D eigenvalue weighted by molar-refractivity contribution is -0.145. The summed E-state index contributed by atoms with van der Waals surface area (Å²) in [5.74, 6) is 0.241. The first-order chi connectivity index (χ1) is 8.40. The molecule has 0 spiro atoms. The van der Waals surface area contributed by atoms with Gasteiger partial charge in [-0.25, -0.2) is 0 Å². The number of ether oxygens (including phenoxy) is 1. The minimum Gasteiger partial charge on any atom is -0.465 e. The smallest absolute Gasteiger partial charge is 0.318 e. The van der Waals surface area contributed by atoms with Crippen molar-refractivity contribution in [2.45, 2.75) is 58.8 Å². The van der Waals surface area contributed by atoms with E-state index in [1.165, 1.54) is 0 Å². The Kier molecular flexibility index (Phi) is 4.87. The first-order valence-corrected chi connectivity index (χ1v) is 6.40. The van der Waals surface area contributed by atoms with Gasteiger partial charge in [0, 0.05) is 5.41 Å². The molecule has 0 aromatic carbocycles. The molecule has 5 heteroatoms. The van der Waals surface area contributed by atoms with Crippen LogP contribution in [0.25, 0.3) is 0 Å². The first-order valence-electron chi connectivity index (χ1n) is 6.40. The van der Waals surface area contributed by atoms with E-state index in [1.54, 1.807) is 6.92 Å². The average molecular weight is 254 g/mol. The number of hydrogen-bond acceptors (Lipinski definition) is 5. The number of carbonyl (C=O) groups excluding carboxylic acids is 1. The van der Waals surface area contributed by atoms with Crippen molar-refractivity contribution in [1.82, 2.24) is 10.1 Å². The summed E-state index contributed by atoms with van der Waals surface area (Å²) < 4.78 is 10.3. The molecule has 0 bridgehead atoms. The Hall–Kier alpha value is -1.39. The zero-order valence-corrected chi connectivity index (χ0v) is 11.8. The fourth-order valence-electron chi connectivity index (χ4n) is 1.56. The largest absolute Gasteiger partial charge is 0.465 e. The van der Waals surface area contributed by atoms with Crippen LogP contribution in [0.3, 0.4) is 0 Å². The van der Waals surface area contributed by atoms with Gasteiger partial charge in [0.15, 0.2) is 5.82 Å². The van der Waals surface area contributed by atoms with Crippen LogP contribution in [0.4, 0.5) is 0 Å². The molecule has 102 valence electrons. The molecule has 0 aliphatic rings. The molecule has 1 unspecified atom stereocenters. The Morgan fingerprint density at radius 1 is 1.39 bits per heavy atom. The second-order valence-electron chi connectivity index (χ2n) is 5.30. The topological polar surface area (TPSA) is 65.2 Å². The normalized spacial score (nSPS) is 13.4. The molecule has 18 heavy (non-hydrogen) atoms. The van der Waals surface area contributed by atoms with Gasteiger partial charge in [0.25, 0.3) is 0 Å². The predicted octanol–water partition coefficient (Wildman–Crippen LogP) is 2.81. The highest BCUT2D eigenvalue weighted by Gasteiger charge is 2.29. The summed E-state index contributed by atoms with van der Waals surface area (Å²) in [6.45, 7) is 10.2. The number of carbonyl (C=O) groups is 1. The van der Waals surface area contributed by atoms with Gasteiger partial charge >= 0.3 is 5.97 Å². The van der Waals surface area contributed by atoms with Crippen LogP contribution >= 0.6 is 0 Å². The molecule has 0 N–H and O–H groups in total. The van der Waals surface area contributed by atoms with E-state index in [1.807, 2.05) is 27.7 Å². The quantitative estimate of drug-likeness (QED) is 0.756. The first kappa shape index (κ1) is 14.7. The second kappa shape index (κ2) is 5.98. The Bertz CT molecular complexity index is 393. The molecule has 0 fully saturated rings. The minimum atomic E-state index is -0.446. The number of esters is 1. The molecule has 1 heterocycles. The third kappa shape index (κ3) is 3.55. The zero-order chi connectivity index (χ0) is 13.8. The van der Waals surface area contributed by atoms with Crippen molar-refractivity contribution < 1.29 is 14.1 Å². The van der Waals surface area contributed by atoms with Gasteiger partial charge in [-0.2, -0.15) is 4.98 Å². The fourth-order valence-corrected chi connectivity index (χ4v) is 1.56. The van der Waals surface area contributed by atoms with Crippen LogP contribution in [-0.4, -0.2) is 22.7 Å². The molecule has 0 radical (unpaired) electrons. The van der Waals surface area contributed by atoms with E-state index in [9.17, 15) is 4.79 Å². The molecular formula is C13H22N2O3. The van der Waals surface area contributed by atoms with Gasteiger partial charge in [-0.3, -0.25) is 4.79 Å². The molecule has 0 saturated carbocycles. The van der Waals surface area contributed by atoms with E-state index in [4.69, 9.17) is 9.26 Å². The molecule has 5 nitrogen and oxygen atoms in total. The van der Waals surface area contributed by atoms with E-state index in [2.05, 4.69) is 10.1 Å². The molecule has 0 amide bonds. The van der Waals surface area contributed by atoms with Crippen molar-refractivity contribution in [3.05, 3.63) is 11.7 Å². The van der Waals surface area contributed by atoms with Crippen molar-refractivity contribution in [2.24, 2.45) is 0 Å². The Labute approximate surface area is 108 Å². The summed E-state index contributed by atoms with van der Waals surface area (Å²) >= 11 is 0. The number of aromatic nitrogens is 2. The Balaban J connectivity index is 2.92. The molecule has 1 atom stereocenters. The van der Waals surface area contributed by atoms with Gasteiger partial charge in [0.2, 0.25) is 5.89 Å². The highest BCUT2D eigenvalue weighted by atomic mass is 16.5. The van der Waals surface area contributed by atoms with E-state index in [0.717, 1.165) is 6.42 Å². The minimum absolute atomic E-state index is 0.187. The number of hydrogen-bond donors (Lipinski definition) is 0. The maximum atomic E-state index is 11.8. The molecule has 0 aliphatic heterocycles. The average Bonchev–Trinajstić information content (AvgIpc) is 2.74. The molecule has 1 aromatic rings. The lowest BCUT2D eigenvalue weighted by atomic mass is 9.96. The highest BCUT2D eigenvalue weighted by Crippen LogP contribution is 2.25. The van der Waals surface area contributed by atoms with Gasteiger partial charge in [0.1, 0.15) is 5.92 Å². The van der Waals surface area contributed by atoms with Gasteiger partial charge in [-0.05, 0) is 13.3 Å². The van der Waals surface area contributed by atoms with Crippen molar-refractivity contribution in [3.8, 4) is 0 Å².